The van der Waals surface area contributed by atoms with Crippen molar-refractivity contribution >= 4 is 5.69 Å². The van der Waals surface area contributed by atoms with Gasteiger partial charge in [-0.3, -0.25) is 10.1 Å². The van der Waals surface area contributed by atoms with Gasteiger partial charge in [0.05, 0.1) is 11.5 Å². The molecule has 0 atom stereocenters. The van der Waals surface area contributed by atoms with Crippen molar-refractivity contribution < 1.29 is 14.2 Å². The molecule has 0 aliphatic rings. The van der Waals surface area contributed by atoms with E-state index < -0.39 is 4.92 Å². The highest BCUT2D eigenvalue weighted by Crippen LogP contribution is 2.31. The zero-order valence-corrected chi connectivity index (χ0v) is 11.6. The van der Waals surface area contributed by atoms with E-state index in [0.29, 0.717) is 36.9 Å². The first-order valence-electron chi connectivity index (χ1n) is 6.60. The Morgan fingerprint density at radius 2 is 2.29 bits per heavy atom. The fourth-order valence-corrected chi connectivity index (χ4v) is 1.73. The van der Waals surface area contributed by atoms with Crippen molar-refractivity contribution in [2.45, 2.75) is 19.8 Å². The molecule has 0 bridgehead atoms. The summed E-state index contributed by atoms with van der Waals surface area (Å²) in [5.74, 6) is 0.932. The van der Waals surface area contributed by atoms with Gasteiger partial charge in [-0.05, 0) is 18.6 Å². The molecule has 0 amide bonds. The van der Waals surface area contributed by atoms with Crippen LogP contribution in [0.25, 0.3) is 11.4 Å². The number of nitrogens with zero attached hydrogens (tertiary/aromatic N) is 3. The highest BCUT2D eigenvalue weighted by molar-refractivity contribution is 5.63. The summed E-state index contributed by atoms with van der Waals surface area (Å²) in [5.41, 5.74) is 5.78. The van der Waals surface area contributed by atoms with Crippen molar-refractivity contribution in [3.8, 4) is 17.1 Å². The Hall–Kier alpha value is -2.48. The summed E-state index contributed by atoms with van der Waals surface area (Å²) in [6.45, 7) is 2.74. The molecule has 1 aromatic carbocycles. The van der Waals surface area contributed by atoms with Crippen LogP contribution in [-0.2, 0) is 6.42 Å². The van der Waals surface area contributed by atoms with Gasteiger partial charge < -0.3 is 15.0 Å². The predicted octanol–water partition coefficient (Wildman–Crippen LogP) is 1.93. The van der Waals surface area contributed by atoms with E-state index in [-0.39, 0.29) is 11.4 Å². The van der Waals surface area contributed by atoms with Crippen molar-refractivity contribution in [3.63, 3.8) is 0 Å². The molecule has 21 heavy (non-hydrogen) atoms. The number of aromatic nitrogens is 2. The van der Waals surface area contributed by atoms with E-state index in [9.17, 15) is 10.1 Å². The second kappa shape index (κ2) is 6.80. The third-order valence-corrected chi connectivity index (χ3v) is 2.70. The third-order valence-electron chi connectivity index (χ3n) is 2.70. The zero-order valence-electron chi connectivity index (χ0n) is 11.6. The van der Waals surface area contributed by atoms with Crippen LogP contribution in [0.4, 0.5) is 5.69 Å². The minimum absolute atomic E-state index is 0.119. The predicted molar refractivity (Wildman–Crippen MR) is 74.9 cm³/mol. The maximum Gasteiger partial charge on any atom is 0.311 e. The molecule has 0 saturated carbocycles. The van der Waals surface area contributed by atoms with Gasteiger partial charge in [-0.1, -0.05) is 12.1 Å². The van der Waals surface area contributed by atoms with E-state index in [0.717, 1.165) is 6.42 Å². The number of benzene rings is 1. The molecule has 1 aromatic heterocycles. The molecule has 2 N–H and O–H groups in total. The lowest BCUT2D eigenvalue weighted by molar-refractivity contribution is -0.385. The molecule has 0 radical (unpaired) electrons. The fraction of sp³-hybridized carbons (Fsp3) is 0.385. The number of rotatable bonds is 7. The van der Waals surface area contributed by atoms with Crippen LogP contribution in [0.3, 0.4) is 0 Å². The SMILES string of the molecule is CCCOc1ccc(-c2noc(CCN)n2)cc1[N+](=O)[O-]. The average Bonchev–Trinajstić information content (AvgIpc) is 2.94. The van der Waals surface area contributed by atoms with Crippen LogP contribution in [-0.4, -0.2) is 28.2 Å². The van der Waals surface area contributed by atoms with Gasteiger partial charge in [0.15, 0.2) is 5.75 Å². The van der Waals surface area contributed by atoms with E-state index in [1.807, 2.05) is 6.92 Å². The number of hydrogen-bond acceptors (Lipinski definition) is 7. The van der Waals surface area contributed by atoms with Crippen molar-refractivity contribution in [2.24, 2.45) is 5.73 Å². The molecular weight excluding hydrogens is 276 g/mol. The standard InChI is InChI=1S/C13H16N4O4/c1-2-7-20-11-4-3-9(8-10(11)17(18)19)13-15-12(5-6-14)21-16-13/h3-4,8H,2,5-7,14H2,1H3. The molecule has 8 nitrogen and oxygen atoms in total. The second-order valence-electron chi connectivity index (χ2n) is 4.34. The third kappa shape index (κ3) is 3.54. The minimum atomic E-state index is -0.491. The van der Waals surface area contributed by atoms with Gasteiger partial charge in [0.25, 0.3) is 0 Å². The smallest absolute Gasteiger partial charge is 0.311 e. The molecule has 112 valence electrons. The molecule has 0 fully saturated rings. The molecule has 8 heteroatoms. The molecule has 0 unspecified atom stereocenters. The summed E-state index contributed by atoms with van der Waals surface area (Å²) in [7, 11) is 0. The second-order valence-corrected chi connectivity index (χ2v) is 4.34. The highest BCUT2D eigenvalue weighted by Gasteiger charge is 2.18. The van der Waals surface area contributed by atoms with E-state index in [4.69, 9.17) is 15.0 Å². The van der Waals surface area contributed by atoms with Crippen molar-refractivity contribution in [3.05, 3.63) is 34.2 Å². The number of nitro benzene ring substituents is 1. The Kier molecular flexibility index (Phi) is 4.83. The van der Waals surface area contributed by atoms with Gasteiger partial charge >= 0.3 is 5.69 Å². The molecule has 2 rings (SSSR count). The molecule has 0 aliphatic heterocycles. The van der Waals surface area contributed by atoms with Crippen molar-refractivity contribution in [1.82, 2.24) is 10.1 Å². The van der Waals surface area contributed by atoms with E-state index in [2.05, 4.69) is 10.1 Å². The average molecular weight is 292 g/mol. The summed E-state index contributed by atoms with van der Waals surface area (Å²) < 4.78 is 10.4. The monoisotopic (exact) mass is 292 g/mol. The highest BCUT2D eigenvalue weighted by atomic mass is 16.6. The van der Waals surface area contributed by atoms with Gasteiger partial charge in [-0.2, -0.15) is 4.98 Å². The summed E-state index contributed by atoms with van der Waals surface area (Å²) >= 11 is 0. The van der Waals surface area contributed by atoms with Crippen LogP contribution < -0.4 is 10.5 Å². The van der Waals surface area contributed by atoms with Gasteiger partial charge in [-0.15, -0.1) is 0 Å². The van der Waals surface area contributed by atoms with Crippen molar-refractivity contribution in [2.75, 3.05) is 13.2 Å². The molecule has 2 aromatic rings. The number of ether oxygens (including phenoxy) is 1. The lowest BCUT2D eigenvalue weighted by atomic mass is 10.2. The van der Waals surface area contributed by atoms with Crippen LogP contribution in [0.1, 0.15) is 19.2 Å². The van der Waals surface area contributed by atoms with Crippen LogP contribution in [0.2, 0.25) is 0 Å². The van der Waals surface area contributed by atoms with E-state index in [1.165, 1.54) is 6.07 Å². The molecule has 0 saturated heterocycles. The Labute approximate surface area is 121 Å². The van der Waals surface area contributed by atoms with Gasteiger partial charge in [0.2, 0.25) is 11.7 Å². The molecule has 0 spiro atoms. The first-order valence-corrected chi connectivity index (χ1v) is 6.60. The topological polar surface area (TPSA) is 117 Å². The van der Waals surface area contributed by atoms with Crippen LogP contribution in [0, 0.1) is 10.1 Å². The van der Waals surface area contributed by atoms with Gasteiger partial charge in [0.1, 0.15) is 0 Å². The van der Waals surface area contributed by atoms with Crippen molar-refractivity contribution in [1.29, 1.82) is 0 Å². The fourth-order valence-electron chi connectivity index (χ4n) is 1.73. The van der Waals surface area contributed by atoms with Gasteiger partial charge in [0, 0.05) is 24.6 Å². The Bertz CT molecular complexity index is 626. The normalized spacial score (nSPS) is 10.6. The summed E-state index contributed by atoms with van der Waals surface area (Å²) in [5, 5.41) is 14.9. The largest absolute Gasteiger partial charge is 0.487 e. The lowest BCUT2D eigenvalue weighted by Gasteiger charge is -2.05. The summed E-state index contributed by atoms with van der Waals surface area (Å²) in [4.78, 5) is 14.8. The molecule has 1 heterocycles. The Balaban J connectivity index is 2.31. The zero-order chi connectivity index (χ0) is 15.2. The van der Waals surface area contributed by atoms with Gasteiger partial charge in [-0.25, -0.2) is 0 Å². The maximum absolute atomic E-state index is 11.1. The Morgan fingerprint density at radius 3 is 2.95 bits per heavy atom. The van der Waals surface area contributed by atoms with Crippen LogP contribution >= 0.6 is 0 Å². The van der Waals surface area contributed by atoms with E-state index >= 15 is 0 Å². The first-order chi connectivity index (χ1) is 10.2. The van der Waals surface area contributed by atoms with Crippen LogP contribution in [0.5, 0.6) is 5.75 Å². The minimum Gasteiger partial charge on any atom is -0.487 e. The number of nitro groups is 1. The maximum atomic E-state index is 11.1. The number of nitrogens with two attached hydrogens (primary N) is 1. The quantitative estimate of drug-likeness (QED) is 0.612. The van der Waals surface area contributed by atoms with Crippen LogP contribution in [0.15, 0.2) is 22.7 Å². The number of hydrogen-bond donors (Lipinski definition) is 1. The summed E-state index contributed by atoms with van der Waals surface area (Å²) in [6, 6.07) is 4.58. The molecule has 0 aliphatic carbocycles. The molecular formula is C13H16N4O4. The Morgan fingerprint density at radius 1 is 1.48 bits per heavy atom. The first kappa shape index (κ1) is 14.9. The lowest BCUT2D eigenvalue weighted by Crippen LogP contribution is -2.02. The van der Waals surface area contributed by atoms with E-state index in [1.54, 1.807) is 12.1 Å². The summed E-state index contributed by atoms with van der Waals surface area (Å²) in [6.07, 6.45) is 1.24.